The van der Waals surface area contributed by atoms with Crippen LogP contribution in [0.2, 0.25) is 5.15 Å². The Morgan fingerprint density at radius 2 is 1.30 bits per heavy atom. The molecule has 222 valence electrons. The highest BCUT2D eigenvalue weighted by Gasteiger charge is 2.52. The van der Waals surface area contributed by atoms with E-state index in [9.17, 15) is 14.4 Å². The molecule has 0 radical (unpaired) electrons. The Labute approximate surface area is 254 Å². The number of benzene rings is 3. The van der Waals surface area contributed by atoms with Crippen LogP contribution in [-0.4, -0.2) is 57.4 Å². The van der Waals surface area contributed by atoms with E-state index in [-0.39, 0.29) is 32.9 Å². The summed E-state index contributed by atoms with van der Waals surface area (Å²) < 4.78 is 40.0. The maximum absolute atomic E-state index is 15.1. The average molecular weight is 616 g/mol. The van der Waals surface area contributed by atoms with E-state index in [1.807, 2.05) is 0 Å². The van der Waals surface area contributed by atoms with E-state index in [2.05, 4.69) is 9.97 Å². The van der Waals surface area contributed by atoms with Crippen LogP contribution in [-0.2, 0) is 18.9 Å². The number of nitrogens with zero attached hydrogens (tertiary/aromatic N) is 3. The lowest BCUT2D eigenvalue weighted by Crippen LogP contribution is -2.41. The minimum absolute atomic E-state index is 0.0447. The van der Waals surface area contributed by atoms with Gasteiger partial charge < -0.3 is 18.9 Å². The molecule has 2 unspecified atom stereocenters. The van der Waals surface area contributed by atoms with E-state index in [1.54, 1.807) is 91.0 Å². The molecule has 0 aliphatic carbocycles. The van der Waals surface area contributed by atoms with E-state index < -0.39 is 54.9 Å². The minimum Gasteiger partial charge on any atom is -0.459 e. The molecule has 2 aromatic heterocycles. The van der Waals surface area contributed by atoms with E-state index >= 15 is 4.39 Å². The topological polar surface area (TPSA) is 119 Å². The summed E-state index contributed by atoms with van der Waals surface area (Å²) in [5.74, 6) is -2.90. The van der Waals surface area contributed by atoms with Gasteiger partial charge in [0.25, 0.3) is 0 Å². The summed E-state index contributed by atoms with van der Waals surface area (Å²) in [5.41, 5.74) is 0.772. The Morgan fingerprint density at radius 3 is 1.86 bits per heavy atom. The van der Waals surface area contributed by atoms with Crippen molar-refractivity contribution in [1.82, 2.24) is 14.5 Å². The van der Waals surface area contributed by atoms with Crippen molar-refractivity contribution < 1.29 is 37.7 Å². The van der Waals surface area contributed by atoms with Crippen molar-refractivity contribution in [2.45, 2.75) is 24.5 Å². The van der Waals surface area contributed by atoms with Gasteiger partial charge in [0.1, 0.15) is 29.8 Å². The van der Waals surface area contributed by atoms with Crippen molar-refractivity contribution in [3.63, 3.8) is 0 Å². The third-order valence-electron chi connectivity index (χ3n) is 6.97. The van der Waals surface area contributed by atoms with Gasteiger partial charge in [-0.25, -0.2) is 28.7 Å². The van der Waals surface area contributed by atoms with Crippen molar-refractivity contribution in [2.75, 3.05) is 6.61 Å². The first-order valence-electron chi connectivity index (χ1n) is 13.5. The molecular weight excluding hydrogens is 593 g/mol. The zero-order valence-corrected chi connectivity index (χ0v) is 23.5. The molecule has 1 aliphatic rings. The molecule has 0 spiro atoms. The molecule has 1 fully saturated rings. The fourth-order valence-corrected chi connectivity index (χ4v) is 5.10. The van der Waals surface area contributed by atoms with Crippen LogP contribution >= 0.6 is 11.6 Å². The largest absolute Gasteiger partial charge is 0.459 e. The summed E-state index contributed by atoms with van der Waals surface area (Å²) in [6, 6.07) is 24.6. The molecule has 0 amide bonds. The summed E-state index contributed by atoms with van der Waals surface area (Å²) in [6.07, 6.45) is -2.86. The molecule has 12 heteroatoms. The van der Waals surface area contributed by atoms with E-state index in [0.29, 0.717) is 0 Å². The van der Waals surface area contributed by atoms with Gasteiger partial charge in [0.15, 0.2) is 24.3 Å². The predicted molar refractivity (Wildman–Crippen MR) is 154 cm³/mol. The number of hydrogen-bond acceptors (Lipinski definition) is 9. The van der Waals surface area contributed by atoms with Gasteiger partial charge in [0, 0.05) is 6.20 Å². The van der Waals surface area contributed by atoms with E-state index in [1.165, 1.54) is 4.57 Å². The highest BCUT2D eigenvalue weighted by molar-refractivity contribution is 6.34. The maximum atomic E-state index is 15.1. The number of rotatable bonds is 8. The standard InChI is InChI=1S/C32H23ClFN3O7/c33-27-24-22(34)16-37(28(24)36-18-35-27)29-26(44-32(40)21-14-8-3-9-15-21)25(43-31(39)20-12-6-2-7-13-20)23(42-29)17-41-30(38)19-10-4-1-5-11-19/h1-16,18,23,25-26,29H,17H2/t23-,25?,26?,29-/m1/s1. The number of esters is 3. The number of carbonyl (C=O) groups is 3. The van der Waals surface area contributed by atoms with E-state index in [4.69, 9.17) is 30.5 Å². The molecule has 1 saturated heterocycles. The predicted octanol–water partition coefficient (Wildman–Crippen LogP) is 5.43. The Hall–Kier alpha value is -5.13. The van der Waals surface area contributed by atoms with Crippen LogP contribution in [0.5, 0.6) is 0 Å². The molecular formula is C32H23ClFN3O7. The van der Waals surface area contributed by atoms with Gasteiger partial charge in [-0.15, -0.1) is 0 Å². The Bertz CT molecular complexity index is 1800. The molecule has 0 bridgehead atoms. The first-order chi connectivity index (χ1) is 21.4. The molecule has 3 heterocycles. The van der Waals surface area contributed by atoms with Gasteiger partial charge in [-0.3, -0.25) is 4.57 Å². The van der Waals surface area contributed by atoms with Crippen LogP contribution in [0.15, 0.2) is 104 Å². The Morgan fingerprint density at radius 1 is 0.773 bits per heavy atom. The molecule has 4 atom stereocenters. The molecule has 0 saturated carbocycles. The van der Waals surface area contributed by atoms with Gasteiger partial charge >= 0.3 is 17.9 Å². The maximum Gasteiger partial charge on any atom is 0.338 e. The van der Waals surface area contributed by atoms with Crippen LogP contribution in [0.1, 0.15) is 37.3 Å². The van der Waals surface area contributed by atoms with Gasteiger partial charge in [0.2, 0.25) is 0 Å². The van der Waals surface area contributed by atoms with Gasteiger partial charge in [0.05, 0.1) is 22.1 Å². The third-order valence-corrected chi connectivity index (χ3v) is 7.26. The first-order valence-corrected chi connectivity index (χ1v) is 13.8. The highest BCUT2D eigenvalue weighted by Crippen LogP contribution is 2.38. The summed E-state index contributed by atoms with van der Waals surface area (Å²) in [4.78, 5) is 47.4. The second-order valence-corrected chi connectivity index (χ2v) is 10.1. The van der Waals surface area contributed by atoms with Crippen LogP contribution in [0.3, 0.4) is 0 Å². The molecule has 6 rings (SSSR count). The van der Waals surface area contributed by atoms with Gasteiger partial charge in [-0.2, -0.15) is 0 Å². The van der Waals surface area contributed by atoms with E-state index in [0.717, 1.165) is 12.5 Å². The van der Waals surface area contributed by atoms with Crippen molar-refractivity contribution in [1.29, 1.82) is 0 Å². The zero-order chi connectivity index (χ0) is 30.6. The van der Waals surface area contributed by atoms with Crippen LogP contribution in [0, 0.1) is 5.82 Å². The smallest absolute Gasteiger partial charge is 0.338 e. The van der Waals surface area contributed by atoms with Crippen molar-refractivity contribution in [2.24, 2.45) is 0 Å². The molecule has 3 aromatic carbocycles. The molecule has 44 heavy (non-hydrogen) atoms. The summed E-state index contributed by atoms with van der Waals surface area (Å²) in [5, 5.41) is -0.217. The number of carbonyl (C=O) groups excluding carboxylic acids is 3. The van der Waals surface area contributed by atoms with Gasteiger partial charge in [-0.05, 0) is 36.4 Å². The fraction of sp³-hybridized carbons (Fsp3) is 0.156. The lowest BCUT2D eigenvalue weighted by Gasteiger charge is -2.25. The quantitative estimate of drug-likeness (QED) is 0.128. The van der Waals surface area contributed by atoms with Gasteiger partial charge in [-0.1, -0.05) is 66.2 Å². The number of halogens is 2. The minimum atomic E-state index is -1.35. The Kier molecular flexibility index (Phi) is 8.31. The lowest BCUT2D eigenvalue weighted by molar-refractivity contribution is -0.0605. The second-order valence-electron chi connectivity index (χ2n) is 9.75. The first kappa shape index (κ1) is 29.0. The second kappa shape index (κ2) is 12.6. The summed E-state index contributed by atoms with van der Waals surface area (Å²) in [7, 11) is 0. The monoisotopic (exact) mass is 615 g/mol. The van der Waals surface area contributed by atoms with Crippen LogP contribution in [0.25, 0.3) is 11.0 Å². The molecule has 10 nitrogen and oxygen atoms in total. The van der Waals surface area contributed by atoms with Crippen LogP contribution < -0.4 is 0 Å². The number of fused-ring (bicyclic) bond motifs is 1. The lowest BCUT2D eigenvalue weighted by atomic mass is 10.1. The summed E-state index contributed by atoms with van der Waals surface area (Å²) in [6.45, 7) is -0.395. The SMILES string of the molecule is O=C(OC[C@H]1O[C@@H](n2cc(F)c3c(Cl)ncnc32)C(OC(=O)c2ccccc2)C1OC(=O)c1ccccc1)c1ccccc1. The zero-order valence-electron chi connectivity index (χ0n) is 22.8. The Balaban J connectivity index is 1.39. The van der Waals surface area contributed by atoms with Crippen molar-refractivity contribution in [3.8, 4) is 0 Å². The fourth-order valence-electron chi connectivity index (χ4n) is 4.88. The molecule has 5 aromatic rings. The number of ether oxygens (including phenoxy) is 4. The van der Waals surface area contributed by atoms with Crippen LogP contribution in [0.4, 0.5) is 4.39 Å². The normalized spacial score (nSPS) is 19.4. The molecule has 0 N–H and O–H groups in total. The number of hydrogen-bond donors (Lipinski definition) is 0. The third kappa shape index (κ3) is 5.87. The summed E-state index contributed by atoms with van der Waals surface area (Å²) >= 11 is 6.16. The molecule has 1 aliphatic heterocycles. The average Bonchev–Trinajstić information content (AvgIpc) is 3.57. The highest BCUT2D eigenvalue weighted by atomic mass is 35.5. The van der Waals surface area contributed by atoms with Crippen molar-refractivity contribution in [3.05, 3.63) is 131 Å². The number of aromatic nitrogens is 3. The van der Waals surface area contributed by atoms with Crippen molar-refractivity contribution >= 4 is 40.5 Å².